The Balaban J connectivity index is 1.92. The minimum absolute atomic E-state index is 0.645. The van der Waals surface area contributed by atoms with Crippen molar-refractivity contribution in [2.45, 2.75) is 25.0 Å². The van der Waals surface area contributed by atoms with Gasteiger partial charge >= 0.3 is 0 Å². The molecule has 0 bridgehead atoms. The lowest BCUT2D eigenvalue weighted by atomic mass is 9.90. The number of thioether (sulfide) groups is 1. The summed E-state index contributed by atoms with van der Waals surface area (Å²) in [7, 11) is 0. The number of piperidine rings is 1. The van der Waals surface area contributed by atoms with Crippen LogP contribution in [0.4, 0.5) is 0 Å². The van der Waals surface area contributed by atoms with E-state index >= 15 is 0 Å². The third-order valence-corrected chi connectivity index (χ3v) is 4.64. The van der Waals surface area contributed by atoms with Crippen molar-refractivity contribution in [1.82, 2.24) is 10.6 Å². The largest absolute Gasteiger partial charge is 0.369 e. The van der Waals surface area contributed by atoms with Gasteiger partial charge in [-0.05, 0) is 51.1 Å². The van der Waals surface area contributed by atoms with Crippen LogP contribution in [0.15, 0.2) is 16.6 Å². The van der Waals surface area contributed by atoms with Crippen LogP contribution in [-0.2, 0) is 0 Å². The Morgan fingerprint density at radius 1 is 1.41 bits per heavy atom. The summed E-state index contributed by atoms with van der Waals surface area (Å²) in [6.07, 6.45) is 6.95. The number of nitrogens with one attached hydrogen (secondary N) is 2. The fraction of sp³-hybridized carbons (Fsp3) is 0.769. The van der Waals surface area contributed by atoms with Crippen LogP contribution in [0.2, 0.25) is 0 Å². The monoisotopic (exact) mass is 253 g/mol. The van der Waals surface area contributed by atoms with Crippen LogP contribution in [-0.4, -0.2) is 43.5 Å². The SMILES string of the molecule is CSC1CN=C(/C=C(\C)C2CCNCC2)NC1. The molecule has 0 saturated carbocycles. The van der Waals surface area contributed by atoms with Gasteiger partial charge in [0, 0.05) is 11.8 Å². The van der Waals surface area contributed by atoms with E-state index in [0.29, 0.717) is 5.25 Å². The second-order valence-corrected chi connectivity index (χ2v) is 6.02. The molecule has 0 amide bonds. The van der Waals surface area contributed by atoms with Crippen molar-refractivity contribution >= 4 is 17.6 Å². The molecule has 1 fully saturated rings. The second kappa shape index (κ2) is 6.45. The van der Waals surface area contributed by atoms with Crippen molar-refractivity contribution in [3.05, 3.63) is 11.6 Å². The summed E-state index contributed by atoms with van der Waals surface area (Å²) in [5.74, 6) is 1.84. The molecule has 0 aliphatic carbocycles. The van der Waals surface area contributed by atoms with E-state index in [0.717, 1.165) is 37.9 Å². The Morgan fingerprint density at radius 2 is 2.18 bits per heavy atom. The fourth-order valence-electron chi connectivity index (χ4n) is 2.40. The number of aliphatic imine (C=N–C) groups is 1. The maximum Gasteiger partial charge on any atom is 0.120 e. The van der Waals surface area contributed by atoms with Crippen LogP contribution in [0.5, 0.6) is 0 Å². The first-order valence-corrected chi connectivity index (χ1v) is 7.78. The molecule has 17 heavy (non-hydrogen) atoms. The molecule has 2 aliphatic rings. The van der Waals surface area contributed by atoms with Crippen molar-refractivity contribution in [2.75, 3.05) is 32.4 Å². The van der Waals surface area contributed by atoms with Crippen molar-refractivity contribution in [2.24, 2.45) is 10.9 Å². The third kappa shape index (κ3) is 3.75. The Labute approximate surface area is 109 Å². The van der Waals surface area contributed by atoms with E-state index in [-0.39, 0.29) is 0 Å². The molecule has 0 aromatic rings. The molecule has 1 unspecified atom stereocenters. The van der Waals surface area contributed by atoms with Gasteiger partial charge < -0.3 is 10.6 Å². The third-order valence-electron chi connectivity index (χ3n) is 3.66. The molecule has 0 spiro atoms. The van der Waals surface area contributed by atoms with Crippen molar-refractivity contribution in [3.8, 4) is 0 Å². The summed E-state index contributed by atoms with van der Waals surface area (Å²) >= 11 is 1.90. The molecule has 1 saturated heterocycles. The maximum absolute atomic E-state index is 4.61. The Hall–Kier alpha value is -0.480. The Bertz CT molecular complexity index is 306. The van der Waals surface area contributed by atoms with Crippen LogP contribution in [0, 0.1) is 5.92 Å². The topological polar surface area (TPSA) is 36.4 Å². The zero-order valence-corrected chi connectivity index (χ0v) is 11.6. The van der Waals surface area contributed by atoms with E-state index in [1.807, 2.05) is 11.8 Å². The number of rotatable bonds is 3. The van der Waals surface area contributed by atoms with E-state index in [1.165, 1.54) is 18.4 Å². The van der Waals surface area contributed by atoms with Crippen LogP contribution < -0.4 is 10.6 Å². The van der Waals surface area contributed by atoms with E-state index in [4.69, 9.17) is 0 Å². The molecule has 2 rings (SSSR count). The number of hydrogen-bond donors (Lipinski definition) is 2. The smallest absolute Gasteiger partial charge is 0.120 e. The lowest BCUT2D eigenvalue weighted by molar-refractivity contribution is 0.420. The normalized spacial score (nSPS) is 27.5. The van der Waals surface area contributed by atoms with Crippen LogP contribution >= 0.6 is 11.8 Å². The minimum atomic E-state index is 0.645. The number of nitrogens with zero attached hydrogens (tertiary/aromatic N) is 1. The quantitative estimate of drug-likeness (QED) is 0.803. The van der Waals surface area contributed by atoms with E-state index < -0.39 is 0 Å². The molecular weight excluding hydrogens is 230 g/mol. The van der Waals surface area contributed by atoms with Gasteiger partial charge in [-0.1, -0.05) is 5.57 Å². The molecule has 0 radical (unpaired) electrons. The molecule has 2 N–H and O–H groups in total. The van der Waals surface area contributed by atoms with E-state index in [1.54, 1.807) is 0 Å². The number of amidine groups is 1. The maximum atomic E-state index is 4.61. The van der Waals surface area contributed by atoms with Crippen molar-refractivity contribution in [3.63, 3.8) is 0 Å². The molecule has 1 atom stereocenters. The van der Waals surface area contributed by atoms with E-state index in [2.05, 4.69) is 34.9 Å². The summed E-state index contributed by atoms with van der Waals surface area (Å²) < 4.78 is 0. The van der Waals surface area contributed by atoms with Crippen LogP contribution in [0.25, 0.3) is 0 Å². The lowest BCUT2D eigenvalue weighted by Crippen LogP contribution is -2.36. The molecular formula is C13H23N3S. The molecule has 4 heteroatoms. The van der Waals surface area contributed by atoms with Gasteiger partial charge in [-0.3, -0.25) is 4.99 Å². The summed E-state index contributed by atoms with van der Waals surface area (Å²) in [5.41, 5.74) is 1.49. The number of allylic oxidation sites excluding steroid dienone is 1. The van der Waals surface area contributed by atoms with Crippen molar-refractivity contribution in [1.29, 1.82) is 0 Å². The second-order valence-electron chi connectivity index (χ2n) is 4.88. The van der Waals surface area contributed by atoms with E-state index in [9.17, 15) is 0 Å². The van der Waals surface area contributed by atoms with Gasteiger partial charge in [0.2, 0.25) is 0 Å². The summed E-state index contributed by atoms with van der Waals surface area (Å²) in [5, 5.41) is 7.48. The van der Waals surface area contributed by atoms with Gasteiger partial charge in [-0.15, -0.1) is 0 Å². The van der Waals surface area contributed by atoms with Crippen LogP contribution in [0.1, 0.15) is 19.8 Å². The highest BCUT2D eigenvalue weighted by molar-refractivity contribution is 7.99. The first-order chi connectivity index (χ1) is 8.29. The summed E-state index contributed by atoms with van der Waals surface area (Å²) in [6, 6.07) is 0. The zero-order valence-electron chi connectivity index (χ0n) is 10.8. The first kappa shape index (κ1) is 13.0. The predicted molar refractivity (Wildman–Crippen MR) is 77.0 cm³/mol. The molecule has 2 heterocycles. The molecule has 3 nitrogen and oxygen atoms in total. The molecule has 0 aromatic carbocycles. The summed E-state index contributed by atoms with van der Waals surface area (Å²) in [4.78, 5) is 4.61. The van der Waals surface area contributed by atoms with Gasteiger partial charge in [0.25, 0.3) is 0 Å². The molecule has 0 aromatic heterocycles. The highest BCUT2D eigenvalue weighted by Gasteiger charge is 2.16. The Kier molecular flexibility index (Phi) is 4.92. The lowest BCUT2D eigenvalue weighted by Gasteiger charge is -2.25. The molecule has 96 valence electrons. The standard InChI is InChI=1S/C13H23N3S/c1-10(11-3-5-14-6-4-11)7-13-15-8-12(17-2)9-16-13/h7,11-12,14H,3-6,8-9H2,1-2H3,(H,15,16)/b10-7+. The minimum Gasteiger partial charge on any atom is -0.369 e. The van der Waals surface area contributed by atoms with Gasteiger partial charge in [0.1, 0.15) is 5.84 Å². The Morgan fingerprint density at radius 3 is 2.76 bits per heavy atom. The number of hydrogen-bond acceptors (Lipinski definition) is 4. The predicted octanol–water partition coefficient (Wildman–Crippen LogP) is 1.67. The highest BCUT2D eigenvalue weighted by atomic mass is 32.2. The first-order valence-electron chi connectivity index (χ1n) is 6.49. The van der Waals surface area contributed by atoms with Crippen molar-refractivity contribution < 1.29 is 0 Å². The highest BCUT2D eigenvalue weighted by Crippen LogP contribution is 2.21. The average molecular weight is 253 g/mol. The zero-order chi connectivity index (χ0) is 12.1. The molecule has 2 aliphatic heterocycles. The van der Waals surface area contributed by atoms with Gasteiger partial charge in [-0.2, -0.15) is 11.8 Å². The van der Waals surface area contributed by atoms with Gasteiger partial charge in [0.15, 0.2) is 0 Å². The average Bonchev–Trinajstić information content (AvgIpc) is 2.40. The van der Waals surface area contributed by atoms with Crippen LogP contribution in [0.3, 0.4) is 0 Å². The summed E-state index contributed by atoms with van der Waals surface area (Å²) in [6.45, 7) is 6.57. The van der Waals surface area contributed by atoms with Gasteiger partial charge in [0.05, 0.1) is 6.54 Å². The van der Waals surface area contributed by atoms with Gasteiger partial charge in [-0.25, -0.2) is 0 Å². The fourth-order valence-corrected chi connectivity index (χ4v) is 2.88.